The van der Waals surface area contributed by atoms with Crippen molar-refractivity contribution in [3.63, 3.8) is 0 Å². The first-order valence-corrected chi connectivity index (χ1v) is 12.3. The van der Waals surface area contributed by atoms with E-state index in [9.17, 15) is 18.7 Å². The van der Waals surface area contributed by atoms with Gasteiger partial charge in [0.25, 0.3) is 5.91 Å². The summed E-state index contributed by atoms with van der Waals surface area (Å²) in [5.74, 6) is -1.32. The molecule has 35 heavy (non-hydrogen) atoms. The van der Waals surface area contributed by atoms with E-state index in [2.05, 4.69) is 10.3 Å². The first kappa shape index (κ1) is 23.8. The number of nitrogens with one attached hydrogen (secondary N) is 1. The van der Waals surface area contributed by atoms with Crippen molar-refractivity contribution in [2.45, 2.75) is 51.9 Å². The van der Waals surface area contributed by atoms with Crippen LogP contribution in [0.2, 0.25) is 0 Å². The summed E-state index contributed by atoms with van der Waals surface area (Å²) in [6.07, 6.45) is 3.24. The van der Waals surface area contributed by atoms with Crippen LogP contribution in [0, 0.1) is 11.6 Å². The van der Waals surface area contributed by atoms with Gasteiger partial charge in [-0.25, -0.2) is 13.8 Å². The molecule has 2 aliphatic heterocycles. The molecule has 2 N–H and O–H groups in total. The van der Waals surface area contributed by atoms with Gasteiger partial charge in [0.2, 0.25) is 0 Å². The van der Waals surface area contributed by atoms with E-state index in [1.807, 2.05) is 0 Å². The molecule has 0 bridgehead atoms. The topological polar surface area (TPSA) is 88.7 Å². The van der Waals surface area contributed by atoms with Crippen molar-refractivity contribution in [1.29, 1.82) is 0 Å². The highest BCUT2D eigenvalue weighted by molar-refractivity contribution is 7.15. The zero-order valence-corrected chi connectivity index (χ0v) is 20.5. The number of carbonyl (C=O) groups excluding carboxylic acids is 1. The van der Waals surface area contributed by atoms with Crippen LogP contribution in [0.25, 0.3) is 5.00 Å². The van der Waals surface area contributed by atoms with Crippen LogP contribution in [-0.2, 0) is 17.8 Å². The number of rotatable bonds is 4. The van der Waals surface area contributed by atoms with Gasteiger partial charge in [-0.15, -0.1) is 11.3 Å². The molecule has 0 unspecified atom stereocenters. The number of halogens is 2. The van der Waals surface area contributed by atoms with E-state index in [1.54, 1.807) is 31.5 Å². The van der Waals surface area contributed by atoms with Gasteiger partial charge >= 0.3 is 0 Å². The summed E-state index contributed by atoms with van der Waals surface area (Å²) in [5, 5.41) is 13.4. The lowest BCUT2D eigenvalue weighted by Crippen LogP contribution is -2.38. The summed E-state index contributed by atoms with van der Waals surface area (Å²) in [6.45, 7) is 5.96. The number of aliphatic imine (C=N–C) groups is 1. The Morgan fingerprint density at radius 2 is 2.06 bits per heavy atom. The van der Waals surface area contributed by atoms with Crippen LogP contribution in [0.4, 0.5) is 8.78 Å². The second-order valence-electron chi connectivity index (χ2n) is 9.44. The summed E-state index contributed by atoms with van der Waals surface area (Å²) in [6, 6.07) is 3.20. The van der Waals surface area contributed by atoms with Crippen LogP contribution in [0.1, 0.15) is 71.1 Å². The number of thiophene rings is 1. The third kappa shape index (κ3) is 4.41. The Bertz CT molecular complexity index is 1320. The lowest BCUT2D eigenvalue weighted by molar-refractivity contribution is 0.0692. The molecule has 10 heteroatoms. The maximum atomic E-state index is 15.0. The molecule has 2 aliphatic rings. The number of ether oxygens (including phenoxy) is 1. The third-order valence-electron chi connectivity index (χ3n) is 6.01. The average molecular weight is 501 g/mol. The molecule has 0 saturated heterocycles. The zero-order valence-electron chi connectivity index (χ0n) is 19.7. The molecule has 3 aromatic rings. The van der Waals surface area contributed by atoms with Crippen molar-refractivity contribution < 1.29 is 23.4 Å². The lowest BCUT2D eigenvalue weighted by atomic mass is 9.97. The number of hydrogen-bond donors (Lipinski definition) is 2. The fraction of sp³-hybridized carbons (Fsp3) is 0.400. The molecule has 0 saturated carbocycles. The standard InChI is InChI=1S/C25H26F2N4O3S/c1-13-22-30-17(23(32)28-12-25(2,3)33)10-31(22)24-19(14-11-34-9-5-8-18(14)35-24)21(29-13)20-15(26)6-4-7-16(20)27/h4,6-7,10,13,33H,5,8-9,11-12H2,1-3H3,(H,28,32)/t13-/m0/s1. The third-order valence-corrected chi connectivity index (χ3v) is 7.30. The molecule has 1 atom stereocenters. The maximum Gasteiger partial charge on any atom is 0.271 e. The van der Waals surface area contributed by atoms with Gasteiger partial charge < -0.3 is 15.2 Å². The largest absolute Gasteiger partial charge is 0.389 e. The highest BCUT2D eigenvalue weighted by atomic mass is 32.1. The minimum absolute atomic E-state index is 0.0638. The highest BCUT2D eigenvalue weighted by Gasteiger charge is 2.34. The molecule has 2 aromatic heterocycles. The van der Waals surface area contributed by atoms with Crippen LogP contribution in [-0.4, -0.2) is 45.0 Å². The van der Waals surface area contributed by atoms with Crippen molar-refractivity contribution in [2.75, 3.05) is 13.2 Å². The van der Waals surface area contributed by atoms with Crippen molar-refractivity contribution in [1.82, 2.24) is 14.9 Å². The summed E-state index contributed by atoms with van der Waals surface area (Å²) in [7, 11) is 0. The Balaban J connectivity index is 1.69. The van der Waals surface area contributed by atoms with E-state index < -0.39 is 29.2 Å². The molecule has 5 rings (SSSR count). The molecule has 0 radical (unpaired) electrons. The molecule has 0 fully saturated rings. The van der Waals surface area contributed by atoms with E-state index in [4.69, 9.17) is 9.73 Å². The Labute approximate surface area is 205 Å². The second kappa shape index (κ2) is 8.92. The number of benzene rings is 1. The number of amides is 1. The van der Waals surface area contributed by atoms with Gasteiger partial charge in [0.15, 0.2) is 0 Å². The first-order chi connectivity index (χ1) is 16.6. The van der Waals surface area contributed by atoms with Crippen LogP contribution >= 0.6 is 11.3 Å². The molecular formula is C25H26F2N4O3S. The maximum absolute atomic E-state index is 15.0. The Morgan fingerprint density at radius 3 is 2.77 bits per heavy atom. The van der Waals surface area contributed by atoms with Crippen LogP contribution in [0.15, 0.2) is 29.4 Å². The van der Waals surface area contributed by atoms with Gasteiger partial charge in [-0.3, -0.25) is 14.4 Å². The molecule has 4 heterocycles. The molecule has 0 aliphatic carbocycles. The van der Waals surface area contributed by atoms with Crippen molar-refractivity contribution >= 4 is 23.0 Å². The minimum atomic E-state index is -1.07. The molecule has 184 valence electrons. The average Bonchev–Trinajstić information content (AvgIpc) is 3.28. The van der Waals surface area contributed by atoms with E-state index in [0.29, 0.717) is 29.6 Å². The highest BCUT2D eigenvalue weighted by Crippen LogP contribution is 2.41. The summed E-state index contributed by atoms with van der Waals surface area (Å²) < 4.78 is 37.5. The van der Waals surface area contributed by atoms with E-state index >= 15 is 0 Å². The van der Waals surface area contributed by atoms with Crippen LogP contribution in [0.5, 0.6) is 0 Å². The van der Waals surface area contributed by atoms with Crippen LogP contribution < -0.4 is 5.32 Å². The Morgan fingerprint density at radius 1 is 1.31 bits per heavy atom. The number of nitrogens with zero attached hydrogens (tertiary/aromatic N) is 3. The second-order valence-corrected chi connectivity index (χ2v) is 10.5. The number of aryl methyl sites for hydroxylation is 1. The number of aromatic nitrogens is 2. The summed E-state index contributed by atoms with van der Waals surface area (Å²) in [4.78, 5) is 23.1. The molecule has 1 amide bonds. The monoisotopic (exact) mass is 500 g/mol. The van der Waals surface area contributed by atoms with Crippen LogP contribution in [0.3, 0.4) is 0 Å². The van der Waals surface area contributed by atoms with Gasteiger partial charge in [-0.1, -0.05) is 6.07 Å². The predicted octanol–water partition coefficient (Wildman–Crippen LogP) is 4.09. The normalized spacial score (nSPS) is 17.5. The summed E-state index contributed by atoms with van der Waals surface area (Å²) >= 11 is 1.51. The molecule has 7 nitrogen and oxygen atoms in total. The smallest absolute Gasteiger partial charge is 0.271 e. The van der Waals surface area contributed by atoms with Gasteiger partial charge in [0, 0.05) is 35.4 Å². The minimum Gasteiger partial charge on any atom is -0.389 e. The Hall–Kier alpha value is -2.95. The number of aliphatic hydroxyl groups is 1. The molecular weight excluding hydrogens is 474 g/mol. The quantitative estimate of drug-likeness (QED) is 0.565. The zero-order chi connectivity index (χ0) is 24.9. The van der Waals surface area contributed by atoms with E-state index in [0.717, 1.165) is 23.3 Å². The van der Waals surface area contributed by atoms with Gasteiger partial charge in [-0.05, 0) is 45.7 Å². The van der Waals surface area contributed by atoms with Crippen molar-refractivity contribution in [2.24, 2.45) is 4.99 Å². The van der Waals surface area contributed by atoms with E-state index in [1.165, 1.54) is 29.5 Å². The number of imidazole rings is 1. The molecule has 1 aromatic carbocycles. The van der Waals surface area contributed by atoms with Gasteiger partial charge in [0.1, 0.15) is 34.2 Å². The fourth-order valence-corrected chi connectivity index (χ4v) is 5.68. The van der Waals surface area contributed by atoms with Gasteiger partial charge in [-0.2, -0.15) is 0 Å². The summed E-state index contributed by atoms with van der Waals surface area (Å²) in [5.41, 5.74) is 0.635. The Kier molecular flexibility index (Phi) is 6.06. The predicted molar refractivity (Wildman–Crippen MR) is 128 cm³/mol. The lowest BCUT2D eigenvalue weighted by Gasteiger charge is -2.16. The van der Waals surface area contributed by atoms with E-state index in [-0.39, 0.29) is 23.5 Å². The number of hydrogen-bond acceptors (Lipinski definition) is 6. The first-order valence-electron chi connectivity index (χ1n) is 11.5. The SMILES string of the molecule is C[C@@H]1N=C(c2c(F)cccc2F)c2c(sc3c2COCCC3)-n2cc(C(=O)NCC(C)(C)O)nc21. The number of fused-ring (bicyclic) bond motifs is 5. The van der Waals surface area contributed by atoms with Gasteiger partial charge in [0.05, 0.1) is 23.5 Å². The fourth-order valence-electron chi connectivity index (χ4n) is 4.35. The van der Waals surface area contributed by atoms with Crippen molar-refractivity contribution in [3.05, 3.63) is 69.1 Å². The number of carbonyl (C=O) groups is 1. The molecule has 0 spiro atoms. The van der Waals surface area contributed by atoms with Crippen molar-refractivity contribution in [3.8, 4) is 5.00 Å².